The third-order valence-corrected chi connectivity index (χ3v) is 5.91. The zero-order valence-corrected chi connectivity index (χ0v) is 16.8. The topological polar surface area (TPSA) is 80.0 Å². The number of ether oxygens (including phenoxy) is 1. The molecule has 4 rings (SSSR count). The Morgan fingerprint density at radius 3 is 2.82 bits per heavy atom. The maximum absolute atomic E-state index is 14.0. The number of benzene rings is 1. The van der Waals surface area contributed by atoms with Gasteiger partial charge < -0.3 is 20.7 Å². The molecule has 150 valence electrons. The molecule has 28 heavy (non-hydrogen) atoms. The summed E-state index contributed by atoms with van der Waals surface area (Å²) in [5.41, 5.74) is 6.39. The molecule has 1 amide bonds. The molecule has 1 spiro atoms. The molecule has 1 aromatic carbocycles. The predicted octanol–water partition coefficient (Wildman–Crippen LogP) is 3.61. The van der Waals surface area contributed by atoms with Gasteiger partial charge in [-0.3, -0.25) is 0 Å². The van der Waals surface area contributed by atoms with Gasteiger partial charge in [-0.15, -0.1) is 23.7 Å². The fourth-order valence-electron chi connectivity index (χ4n) is 3.53. The lowest BCUT2D eigenvalue weighted by Crippen LogP contribution is -2.52. The van der Waals surface area contributed by atoms with Crippen LogP contribution in [0.15, 0.2) is 40.7 Å². The Morgan fingerprint density at radius 2 is 2.11 bits per heavy atom. The van der Waals surface area contributed by atoms with E-state index in [2.05, 4.69) is 10.3 Å². The van der Waals surface area contributed by atoms with Crippen LogP contribution in [0.2, 0.25) is 0 Å². The van der Waals surface area contributed by atoms with Crippen molar-refractivity contribution >= 4 is 41.4 Å². The van der Waals surface area contributed by atoms with Gasteiger partial charge >= 0.3 is 6.09 Å². The SMILES string of the molecule is Cl.NC1=NC2(CCN(C(=O)OCCc3cccs3)CC2)Nc2cccc(F)c21. The quantitative estimate of drug-likeness (QED) is 0.788. The van der Waals surface area contributed by atoms with Crippen molar-refractivity contribution in [2.24, 2.45) is 10.7 Å². The number of nitrogens with two attached hydrogens (primary N) is 1. The van der Waals surface area contributed by atoms with Crippen LogP contribution in [-0.4, -0.2) is 42.2 Å². The molecule has 2 aliphatic rings. The number of hydrogen-bond acceptors (Lipinski definition) is 6. The highest BCUT2D eigenvalue weighted by Crippen LogP contribution is 2.35. The number of fused-ring (bicyclic) bond motifs is 1. The molecule has 0 bridgehead atoms. The number of carbonyl (C=O) groups excluding carboxylic acids is 1. The second-order valence-corrected chi connectivity index (χ2v) is 7.78. The molecular formula is C19H22ClFN4O2S. The first kappa shape index (κ1) is 20.4. The van der Waals surface area contributed by atoms with E-state index in [4.69, 9.17) is 10.5 Å². The molecule has 1 fully saturated rings. The summed E-state index contributed by atoms with van der Waals surface area (Å²) >= 11 is 1.65. The van der Waals surface area contributed by atoms with E-state index in [9.17, 15) is 9.18 Å². The highest BCUT2D eigenvalue weighted by Gasteiger charge is 2.39. The predicted molar refractivity (Wildman–Crippen MR) is 111 cm³/mol. The van der Waals surface area contributed by atoms with Gasteiger partial charge in [-0.05, 0) is 23.6 Å². The number of aliphatic imine (C=N–C) groups is 1. The lowest BCUT2D eigenvalue weighted by molar-refractivity contribution is 0.0875. The Kier molecular flexibility index (Phi) is 6.10. The summed E-state index contributed by atoms with van der Waals surface area (Å²) in [5.74, 6) is -0.184. The van der Waals surface area contributed by atoms with Crippen molar-refractivity contribution in [1.29, 1.82) is 0 Å². The first-order valence-corrected chi connectivity index (χ1v) is 9.81. The van der Waals surface area contributed by atoms with Crippen LogP contribution in [0.4, 0.5) is 14.9 Å². The Bertz CT molecular complexity index is 867. The fourth-order valence-corrected chi connectivity index (χ4v) is 4.23. The Balaban J connectivity index is 0.00000225. The van der Waals surface area contributed by atoms with Gasteiger partial charge in [0.15, 0.2) is 0 Å². The van der Waals surface area contributed by atoms with Crippen molar-refractivity contribution < 1.29 is 13.9 Å². The van der Waals surface area contributed by atoms with Crippen molar-refractivity contribution in [3.8, 4) is 0 Å². The maximum Gasteiger partial charge on any atom is 0.409 e. The number of carbonyl (C=O) groups is 1. The molecule has 0 saturated carbocycles. The van der Waals surface area contributed by atoms with Crippen molar-refractivity contribution in [1.82, 2.24) is 4.90 Å². The summed E-state index contributed by atoms with van der Waals surface area (Å²) in [6.07, 6.45) is 1.60. The van der Waals surface area contributed by atoms with E-state index in [1.165, 1.54) is 10.9 Å². The molecular weight excluding hydrogens is 403 g/mol. The summed E-state index contributed by atoms with van der Waals surface area (Å²) in [4.78, 5) is 19.7. The molecule has 1 aromatic heterocycles. The first-order valence-electron chi connectivity index (χ1n) is 8.93. The largest absolute Gasteiger partial charge is 0.449 e. The van der Waals surface area contributed by atoms with Crippen molar-refractivity contribution in [2.75, 3.05) is 25.0 Å². The molecule has 0 aliphatic carbocycles. The van der Waals surface area contributed by atoms with E-state index in [1.807, 2.05) is 17.5 Å². The normalized spacial score (nSPS) is 17.2. The maximum atomic E-state index is 14.0. The lowest BCUT2D eigenvalue weighted by atomic mass is 9.94. The highest BCUT2D eigenvalue weighted by atomic mass is 35.5. The minimum Gasteiger partial charge on any atom is -0.449 e. The lowest BCUT2D eigenvalue weighted by Gasteiger charge is -2.42. The van der Waals surface area contributed by atoms with Crippen LogP contribution in [0.5, 0.6) is 0 Å². The third kappa shape index (κ3) is 4.07. The van der Waals surface area contributed by atoms with Gasteiger partial charge in [0.2, 0.25) is 0 Å². The minimum absolute atomic E-state index is 0. The van der Waals surface area contributed by atoms with Gasteiger partial charge in [0.1, 0.15) is 17.3 Å². The number of anilines is 1. The smallest absolute Gasteiger partial charge is 0.409 e. The highest BCUT2D eigenvalue weighted by molar-refractivity contribution is 7.09. The molecule has 2 aliphatic heterocycles. The molecule has 3 N–H and O–H groups in total. The van der Waals surface area contributed by atoms with Crippen LogP contribution in [0.3, 0.4) is 0 Å². The summed E-state index contributed by atoms with van der Waals surface area (Å²) in [5, 5.41) is 5.33. The van der Waals surface area contributed by atoms with E-state index in [-0.39, 0.29) is 30.2 Å². The number of hydrogen-bond donors (Lipinski definition) is 2. The molecule has 1 saturated heterocycles. The molecule has 6 nitrogen and oxygen atoms in total. The number of amides is 1. The van der Waals surface area contributed by atoms with E-state index in [0.717, 1.165) is 6.42 Å². The number of thiophene rings is 1. The first-order chi connectivity index (χ1) is 13.1. The van der Waals surface area contributed by atoms with Crippen molar-refractivity contribution in [3.63, 3.8) is 0 Å². The number of halogens is 2. The van der Waals surface area contributed by atoms with Gasteiger partial charge in [0, 0.05) is 42.9 Å². The van der Waals surface area contributed by atoms with Crippen LogP contribution in [0.1, 0.15) is 23.3 Å². The second-order valence-electron chi connectivity index (χ2n) is 6.75. The number of likely N-dealkylation sites (tertiary alicyclic amines) is 1. The van der Waals surface area contributed by atoms with Crippen LogP contribution >= 0.6 is 23.7 Å². The summed E-state index contributed by atoms with van der Waals surface area (Å²) < 4.78 is 19.4. The van der Waals surface area contributed by atoms with Gasteiger partial charge in [-0.1, -0.05) is 12.1 Å². The summed E-state index contributed by atoms with van der Waals surface area (Å²) in [6, 6.07) is 8.83. The monoisotopic (exact) mass is 424 g/mol. The average Bonchev–Trinajstić information content (AvgIpc) is 3.15. The summed E-state index contributed by atoms with van der Waals surface area (Å²) in [7, 11) is 0. The molecule has 9 heteroatoms. The molecule has 0 radical (unpaired) electrons. The van der Waals surface area contributed by atoms with Crippen LogP contribution in [0, 0.1) is 5.82 Å². The standard InChI is InChI=1S/C19H21FN4O2S.ClH/c20-14-4-1-5-15-16(14)17(21)23-19(22-15)7-9-24(10-8-19)18(25)26-11-6-13-3-2-12-27-13;/h1-5,12,22H,6-11H2,(H2,21,23);1H. The number of nitrogens with one attached hydrogen (secondary N) is 1. The summed E-state index contributed by atoms with van der Waals surface area (Å²) in [6.45, 7) is 1.38. The number of rotatable bonds is 3. The van der Waals surface area contributed by atoms with Crippen molar-refractivity contribution in [3.05, 3.63) is 52.0 Å². The Morgan fingerprint density at radius 1 is 1.32 bits per heavy atom. The molecule has 2 aromatic rings. The Hall–Kier alpha value is -2.32. The zero-order chi connectivity index (χ0) is 18.9. The Labute approximate surface area is 173 Å². The van der Waals surface area contributed by atoms with E-state index in [1.54, 1.807) is 28.4 Å². The molecule has 0 atom stereocenters. The second kappa shape index (κ2) is 8.36. The zero-order valence-electron chi connectivity index (χ0n) is 15.2. The van der Waals surface area contributed by atoms with Crippen molar-refractivity contribution in [2.45, 2.75) is 24.9 Å². The minimum atomic E-state index is -0.599. The van der Waals surface area contributed by atoms with Gasteiger partial charge in [-0.2, -0.15) is 0 Å². The van der Waals surface area contributed by atoms with Gasteiger partial charge in [-0.25, -0.2) is 14.2 Å². The number of amidine groups is 1. The van der Waals surface area contributed by atoms with E-state index in [0.29, 0.717) is 43.8 Å². The average molecular weight is 425 g/mol. The number of nitrogens with zero attached hydrogens (tertiary/aromatic N) is 2. The van der Waals surface area contributed by atoms with Gasteiger partial charge in [0.25, 0.3) is 0 Å². The number of piperidine rings is 1. The fraction of sp³-hybridized carbons (Fsp3) is 0.368. The third-order valence-electron chi connectivity index (χ3n) is 4.97. The van der Waals surface area contributed by atoms with Crippen LogP contribution in [0.25, 0.3) is 0 Å². The van der Waals surface area contributed by atoms with E-state index < -0.39 is 5.66 Å². The molecule has 0 unspecified atom stereocenters. The van der Waals surface area contributed by atoms with Crippen LogP contribution < -0.4 is 11.1 Å². The van der Waals surface area contributed by atoms with Gasteiger partial charge in [0.05, 0.1) is 12.2 Å². The van der Waals surface area contributed by atoms with E-state index >= 15 is 0 Å². The molecule has 3 heterocycles. The van der Waals surface area contributed by atoms with Crippen LogP contribution in [-0.2, 0) is 11.2 Å².